The Balaban J connectivity index is 1.61. The minimum Gasteiger partial charge on any atom is -0.310 e. The van der Waals surface area contributed by atoms with Gasteiger partial charge in [-0.3, -0.25) is 4.90 Å². The molecule has 3 aliphatic rings. The molecule has 0 amide bonds. The Morgan fingerprint density at radius 1 is 0.941 bits per heavy atom. The lowest BCUT2D eigenvalue weighted by Gasteiger charge is -2.35. The molecular weight excluding hydrogens is 236 g/mol. The van der Waals surface area contributed by atoms with E-state index in [9.17, 15) is 8.42 Å². The molecule has 0 aromatic rings. The van der Waals surface area contributed by atoms with Crippen LogP contribution in [0, 0.1) is 0 Å². The average Bonchev–Trinajstić information content (AvgIpc) is 2.60. The van der Waals surface area contributed by atoms with E-state index in [4.69, 9.17) is 0 Å². The standard InChI is InChI=1S/C12H22N2O2S/c15-17(16)7-4-12(5-8-17)14-6-3-10-1-2-11(9-14)13-10/h10-13H,1-9H2. The molecular formula is C12H22N2O2S. The van der Waals surface area contributed by atoms with Crippen molar-refractivity contribution in [2.75, 3.05) is 24.6 Å². The van der Waals surface area contributed by atoms with Crippen molar-refractivity contribution in [2.24, 2.45) is 0 Å². The molecule has 0 aliphatic carbocycles. The van der Waals surface area contributed by atoms with Crippen LogP contribution in [0.25, 0.3) is 0 Å². The summed E-state index contributed by atoms with van der Waals surface area (Å²) in [5.74, 6) is 0.797. The molecule has 3 saturated heterocycles. The van der Waals surface area contributed by atoms with E-state index in [0.29, 0.717) is 23.6 Å². The fraction of sp³-hybridized carbons (Fsp3) is 1.00. The molecule has 3 heterocycles. The zero-order valence-corrected chi connectivity index (χ0v) is 11.1. The van der Waals surface area contributed by atoms with Crippen LogP contribution in [-0.4, -0.2) is 56.0 Å². The summed E-state index contributed by atoms with van der Waals surface area (Å²) in [5.41, 5.74) is 0. The van der Waals surface area contributed by atoms with Gasteiger partial charge in [0.15, 0.2) is 0 Å². The van der Waals surface area contributed by atoms with Gasteiger partial charge in [-0.2, -0.15) is 0 Å². The van der Waals surface area contributed by atoms with Gasteiger partial charge in [0.2, 0.25) is 0 Å². The van der Waals surface area contributed by atoms with Crippen LogP contribution in [0.3, 0.4) is 0 Å². The van der Waals surface area contributed by atoms with E-state index in [1.807, 2.05) is 0 Å². The summed E-state index contributed by atoms with van der Waals surface area (Å²) < 4.78 is 22.9. The van der Waals surface area contributed by atoms with Gasteiger partial charge in [0.05, 0.1) is 11.5 Å². The van der Waals surface area contributed by atoms with Gasteiger partial charge >= 0.3 is 0 Å². The second-order valence-electron chi connectivity index (χ2n) is 5.80. The molecule has 0 spiro atoms. The normalized spacial score (nSPS) is 39.1. The number of hydrogen-bond acceptors (Lipinski definition) is 4. The quantitative estimate of drug-likeness (QED) is 0.739. The zero-order valence-electron chi connectivity index (χ0n) is 10.3. The van der Waals surface area contributed by atoms with Crippen LogP contribution in [0.5, 0.6) is 0 Å². The van der Waals surface area contributed by atoms with Gasteiger partial charge < -0.3 is 5.32 Å². The predicted octanol–water partition coefficient (Wildman–Crippen LogP) is 0.390. The third kappa shape index (κ3) is 2.66. The Bertz CT molecular complexity index is 368. The molecule has 0 aromatic carbocycles. The number of hydrogen-bond donors (Lipinski definition) is 1. The lowest BCUT2D eigenvalue weighted by atomic mass is 10.0. The summed E-state index contributed by atoms with van der Waals surface area (Å²) in [7, 11) is -2.72. The van der Waals surface area contributed by atoms with E-state index < -0.39 is 9.84 Å². The van der Waals surface area contributed by atoms with Gasteiger partial charge in [0.1, 0.15) is 9.84 Å². The summed E-state index contributed by atoms with van der Waals surface area (Å²) in [6.45, 7) is 2.28. The molecule has 1 N–H and O–H groups in total. The number of sulfone groups is 1. The second-order valence-corrected chi connectivity index (χ2v) is 8.11. The van der Waals surface area contributed by atoms with E-state index in [0.717, 1.165) is 32.0 Å². The van der Waals surface area contributed by atoms with Crippen molar-refractivity contribution in [2.45, 2.75) is 50.2 Å². The van der Waals surface area contributed by atoms with Crippen LogP contribution >= 0.6 is 0 Å². The molecule has 2 bridgehead atoms. The maximum Gasteiger partial charge on any atom is 0.150 e. The molecule has 2 atom stereocenters. The molecule has 0 saturated carbocycles. The Morgan fingerprint density at radius 3 is 2.41 bits per heavy atom. The summed E-state index contributed by atoms with van der Waals surface area (Å²) in [6, 6.07) is 1.89. The third-order valence-corrected chi connectivity index (χ3v) is 6.31. The number of nitrogens with zero attached hydrogens (tertiary/aromatic N) is 1. The molecule has 4 nitrogen and oxygen atoms in total. The highest BCUT2D eigenvalue weighted by Crippen LogP contribution is 2.25. The number of fused-ring (bicyclic) bond motifs is 2. The topological polar surface area (TPSA) is 49.4 Å². The smallest absolute Gasteiger partial charge is 0.150 e. The van der Waals surface area contributed by atoms with Crippen molar-refractivity contribution in [1.29, 1.82) is 0 Å². The Hall–Kier alpha value is -0.130. The summed E-state index contributed by atoms with van der Waals surface area (Å²) >= 11 is 0. The van der Waals surface area contributed by atoms with Crippen LogP contribution in [0.15, 0.2) is 0 Å². The Morgan fingerprint density at radius 2 is 1.65 bits per heavy atom. The van der Waals surface area contributed by atoms with Crippen LogP contribution in [-0.2, 0) is 9.84 Å². The minimum atomic E-state index is -2.72. The molecule has 3 aliphatic heterocycles. The first-order chi connectivity index (χ1) is 8.12. The lowest BCUT2D eigenvalue weighted by Crippen LogP contribution is -2.45. The molecule has 98 valence electrons. The predicted molar refractivity (Wildman–Crippen MR) is 67.8 cm³/mol. The summed E-state index contributed by atoms with van der Waals surface area (Å²) in [5, 5.41) is 3.68. The first-order valence-corrected chi connectivity index (χ1v) is 8.65. The highest BCUT2D eigenvalue weighted by Gasteiger charge is 2.34. The number of nitrogens with one attached hydrogen (secondary N) is 1. The molecule has 0 radical (unpaired) electrons. The summed E-state index contributed by atoms with van der Waals surface area (Å²) in [4.78, 5) is 2.55. The maximum absolute atomic E-state index is 11.4. The molecule has 3 fully saturated rings. The van der Waals surface area contributed by atoms with Gasteiger partial charge in [0.25, 0.3) is 0 Å². The van der Waals surface area contributed by atoms with Gasteiger partial charge in [0, 0.05) is 24.7 Å². The molecule has 17 heavy (non-hydrogen) atoms. The number of rotatable bonds is 1. The van der Waals surface area contributed by atoms with E-state index >= 15 is 0 Å². The maximum atomic E-state index is 11.4. The van der Waals surface area contributed by atoms with E-state index in [2.05, 4.69) is 10.2 Å². The van der Waals surface area contributed by atoms with E-state index in [1.54, 1.807) is 0 Å². The summed E-state index contributed by atoms with van der Waals surface area (Å²) in [6.07, 6.45) is 5.56. The van der Waals surface area contributed by atoms with Crippen molar-refractivity contribution in [3.8, 4) is 0 Å². The zero-order chi connectivity index (χ0) is 11.9. The van der Waals surface area contributed by atoms with Gasteiger partial charge in [-0.15, -0.1) is 0 Å². The molecule has 5 heteroatoms. The lowest BCUT2D eigenvalue weighted by molar-refractivity contribution is 0.174. The van der Waals surface area contributed by atoms with Crippen molar-refractivity contribution in [3.63, 3.8) is 0 Å². The first kappa shape index (κ1) is 11.9. The Labute approximate surface area is 104 Å². The van der Waals surface area contributed by atoms with Crippen molar-refractivity contribution in [3.05, 3.63) is 0 Å². The third-order valence-electron chi connectivity index (χ3n) is 4.60. The molecule has 3 rings (SSSR count). The van der Waals surface area contributed by atoms with E-state index in [1.165, 1.54) is 19.3 Å². The average molecular weight is 258 g/mol. The fourth-order valence-corrected chi connectivity index (χ4v) is 5.01. The minimum absolute atomic E-state index is 0.399. The second kappa shape index (κ2) is 4.52. The first-order valence-electron chi connectivity index (χ1n) is 6.83. The largest absolute Gasteiger partial charge is 0.310 e. The Kier molecular flexibility index (Phi) is 3.17. The van der Waals surface area contributed by atoms with Crippen LogP contribution in [0.1, 0.15) is 32.1 Å². The SMILES string of the molecule is O=S1(=O)CCC(N2CCC3CCC(C2)N3)CC1. The van der Waals surface area contributed by atoms with Crippen LogP contribution < -0.4 is 5.32 Å². The van der Waals surface area contributed by atoms with Crippen molar-refractivity contribution in [1.82, 2.24) is 10.2 Å². The van der Waals surface area contributed by atoms with Gasteiger partial charge in [-0.05, 0) is 38.6 Å². The van der Waals surface area contributed by atoms with Crippen molar-refractivity contribution < 1.29 is 8.42 Å². The van der Waals surface area contributed by atoms with Crippen molar-refractivity contribution >= 4 is 9.84 Å². The highest BCUT2D eigenvalue weighted by molar-refractivity contribution is 7.91. The van der Waals surface area contributed by atoms with Crippen LogP contribution in [0.2, 0.25) is 0 Å². The molecule has 0 aromatic heterocycles. The van der Waals surface area contributed by atoms with E-state index in [-0.39, 0.29) is 0 Å². The molecule has 2 unspecified atom stereocenters. The monoisotopic (exact) mass is 258 g/mol. The number of likely N-dealkylation sites (tertiary alicyclic amines) is 1. The van der Waals surface area contributed by atoms with Gasteiger partial charge in [-0.1, -0.05) is 0 Å². The van der Waals surface area contributed by atoms with Crippen LogP contribution in [0.4, 0.5) is 0 Å². The van der Waals surface area contributed by atoms with Gasteiger partial charge in [-0.25, -0.2) is 8.42 Å². The fourth-order valence-electron chi connectivity index (χ4n) is 3.54. The highest BCUT2D eigenvalue weighted by atomic mass is 32.2.